The molecule has 1 atom stereocenters. The number of nitrogens with two attached hydrogens (primary N) is 1. The molecule has 0 amide bonds. The second-order valence-corrected chi connectivity index (χ2v) is 9.50. The standard InChI is InChI=1S/C24H40N4/c25-23-7-3-19(4-8-23)16-27-17-20-11-14-28(15-12-20)24-9-5-21(6-10-24)22-2-1-13-26-18-22/h5-6,9-10,19-20,22-23,26-27H,1-4,7-8,11-18,25H2. The lowest BCUT2D eigenvalue weighted by atomic mass is 9.86. The molecule has 2 saturated heterocycles. The van der Waals surface area contributed by atoms with Crippen LogP contribution in [0.3, 0.4) is 0 Å². The summed E-state index contributed by atoms with van der Waals surface area (Å²) in [6.45, 7) is 7.14. The van der Waals surface area contributed by atoms with E-state index in [0.29, 0.717) is 12.0 Å². The van der Waals surface area contributed by atoms with E-state index in [1.807, 2.05) is 0 Å². The summed E-state index contributed by atoms with van der Waals surface area (Å²) in [5.41, 5.74) is 8.95. The minimum Gasteiger partial charge on any atom is -0.372 e. The monoisotopic (exact) mass is 384 g/mol. The molecule has 28 heavy (non-hydrogen) atoms. The van der Waals surface area contributed by atoms with E-state index in [-0.39, 0.29) is 0 Å². The number of benzene rings is 1. The minimum atomic E-state index is 0.467. The van der Waals surface area contributed by atoms with E-state index < -0.39 is 0 Å². The lowest BCUT2D eigenvalue weighted by Gasteiger charge is -2.34. The van der Waals surface area contributed by atoms with Crippen LogP contribution in [-0.4, -0.2) is 45.3 Å². The predicted octanol–water partition coefficient (Wildman–Crippen LogP) is 3.48. The van der Waals surface area contributed by atoms with Crippen LogP contribution in [0.4, 0.5) is 5.69 Å². The first-order valence-corrected chi connectivity index (χ1v) is 11.8. The van der Waals surface area contributed by atoms with E-state index in [1.165, 1.54) is 95.3 Å². The summed E-state index contributed by atoms with van der Waals surface area (Å²) in [4.78, 5) is 2.59. The van der Waals surface area contributed by atoms with E-state index in [9.17, 15) is 0 Å². The van der Waals surface area contributed by atoms with Gasteiger partial charge in [-0.25, -0.2) is 0 Å². The third-order valence-electron chi connectivity index (χ3n) is 7.40. The highest BCUT2D eigenvalue weighted by molar-refractivity contribution is 5.48. The number of hydrogen-bond donors (Lipinski definition) is 3. The number of nitrogens with zero attached hydrogens (tertiary/aromatic N) is 1. The van der Waals surface area contributed by atoms with Crippen molar-refractivity contribution in [2.75, 3.05) is 44.2 Å². The Bertz CT molecular complexity index is 565. The van der Waals surface area contributed by atoms with Crippen molar-refractivity contribution in [1.29, 1.82) is 0 Å². The van der Waals surface area contributed by atoms with Crippen LogP contribution in [-0.2, 0) is 0 Å². The van der Waals surface area contributed by atoms with Crippen molar-refractivity contribution in [1.82, 2.24) is 10.6 Å². The van der Waals surface area contributed by atoms with Gasteiger partial charge in [0.2, 0.25) is 0 Å². The maximum atomic E-state index is 6.02. The molecule has 0 aromatic heterocycles. The number of nitrogens with one attached hydrogen (secondary N) is 2. The highest BCUT2D eigenvalue weighted by Gasteiger charge is 2.22. The van der Waals surface area contributed by atoms with Crippen molar-refractivity contribution < 1.29 is 0 Å². The Balaban J connectivity index is 1.16. The number of anilines is 1. The van der Waals surface area contributed by atoms with Gasteiger partial charge < -0.3 is 21.3 Å². The Morgan fingerprint density at radius 3 is 2.21 bits per heavy atom. The molecular formula is C24H40N4. The van der Waals surface area contributed by atoms with Gasteiger partial charge in [0.15, 0.2) is 0 Å². The van der Waals surface area contributed by atoms with Crippen LogP contribution < -0.4 is 21.3 Å². The van der Waals surface area contributed by atoms with Gasteiger partial charge in [-0.1, -0.05) is 12.1 Å². The Kier molecular flexibility index (Phi) is 7.27. The van der Waals surface area contributed by atoms with E-state index in [4.69, 9.17) is 5.73 Å². The largest absolute Gasteiger partial charge is 0.372 e. The second kappa shape index (κ2) is 10.1. The fourth-order valence-electron chi connectivity index (χ4n) is 5.37. The molecule has 156 valence electrons. The van der Waals surface area contributed by atoms with Crippen LogP contribution in [0.25, 0.3) is 0 Å². The SMILES string of the molecule is NC1CCC(CNCC2CCN(c3ccc(C4CCCNC4)cc3)CC2)CC1. The van der Waals surface area contributed by atoms with Gasteiger partial charge in [-0.2, -0.15) is 0 Å². The molecule has 2 heterocycles. The minimum absolute atomic E-state index is 0.467. The van der Waals surface area contributed by atoms with E-state index in [0.717, 1.165) is 18.4 Å². The zero-order valence-electron chi connectivity index (χ0n) is 17.5. The molecule has 1 aromatic carbocycles. The number of rotatable bonds is 6. The fourth-order valence-corrected chi connectivity index (χ4v) is 5.37. The lowest BCUT2D eigenvalue weighted by molar-refractivity contribution is 0.300. The molecule has 1 saturated carbocycles. The zero-order valence-corrected chi connectivity index (χ0v) is 17.5. The molecule has 3 aliphatic rings. The van der Waals surface area contributed by atoms with Crippen LogP contribution >= 0.6 is 0 Å². The molecule has 2 aliphatic heterocycles. The van der Waals surface area contributed by atoms with Gasteiger partial charge in [-0.3, -0.25) is 0 Å². The van der Waals surface area contributed by atoms with Gasteiger partial charge in [0.05, 0.1) is 0 Å². The van der Waals surface area contributed by atoms with Gasteiger partial charge in [0.1, 0.15) is 0 Å². The Morgan fingerprint density at radius 2 is 1.57 bits per heavy atom. The summed E-state index contributed by atoms with van der Waals surface area (Å²) in [6, 6.07) is 9.93. The Hall–Kier alpha value is -1.10. The van der Waals surface area contributed by atoms with Crippen LogP contribution in [0.1, 0.15) is 62.8 Å². The molecule has 0 bridgehead atoms. The maximum Gasteiger partial charge on any atom is 0.0366 e. The lowest BCUT2D eigenvalue weighted by Crippen LogP contribution is -2.39. The first-order valence-electron chi connectivity index (χ1n) is 11.8. The third kappa shape index (κ3) is 5.49. The van der Waals surface area contributed by atoms with Gasteiger partial charge >= 0.3 is 0 Å². The smallest absolute Gasteiger partial charge is 0.0366 e. The summed E-state index contributed by atoms with van der Waals surface area (Å²) in [6.07, 6.45) is 10.4. The summed E-state index contributed by atoms with van der Waals surface area (Å²) in [7, 11) is 0. The summed E-state index contributed by atoms with van der Waals surface area (Å²) >= 11 is 0. The second-order valence-electron chi connectivity index (χ2n) is 9.50. The summed E-state index contributed by atoms with van der Waals surface area (Å²) in [5.74, 6) is 2.41. The van der Waals surface area contributed by atoms with Gasteiger partial charge in [-0.05, 0) is 106 Å². The van der Waals surface area contributed by atoms with E-state index in [2.05, 4.69) is 39.8 Å². The first-order chi connectivity index (χ1) is 13.8. The highest BCUT2D eigenvalue weighted by atomic mass is 15.1. The quantitative estimate of drug-likeness (QED) is 0.703. The average molecular weight is 385 g/mol. The van der Waals surface area contributed by atoms with Crippen LogP contribution in [0.2, 0.25) is 0 Å². The normalized spacial score (nSPS) is 29.8. The van der Waals surface area contributed by atoms with Crippen molar-refractivity contribution in [2.24, 2.45) is 17.6 Å². The molecule has 1 unspecified atom stereocenters. The molecule has 1 aliphatic carbocycles. The Morgan fingerprint density at radius 1 is 0.893 bits per heavy atom. The molecule has 4 nitrogen and oxygen atoms in total. The molecule has 4 heteroatoms. The van der Waals surface area contributed by atoms with Crippen LogP contribution in [0.5, 0.6) is 0 Å². The van der Waals surface area contributed by atoms with Crippen LogP contribution in [0.15, 0.2) is 24.3 Å². The molecule has 4 N–H and O–H groups in total. The van der Waals surface area contributed by atoms with Gasteiger partial charge in [0, 0.05) is 31.4 Å². The summed E-state index contributed by atoms with van der Waals surface area (Å²) < 4.78 is 0. The third-order valence-corrected chi connectivity index (χ3v) is 7.40. The average Bonchev–Trinajstić information content (AvgIpc) is 2.76. The zero-order chi connectivity index (χ0) is 19.2. The topological polar surface area (TPSA) is 53.3 Å². The van der Waals surface area contributed by atoms with Crippen molar-refractivity contribution in [3.63, 3.8) is 0 Å². The molecule has 4 rings (SSSR count). The van der Waals surface area contributed by atoms with Crippen molar-refractivity contribution in [2.45, 2.75) is 63.3 Å². The van der Waals surface area contributed by atoms with Crippen LogP contribution in [0, 0.1) is 11.8 Å². The number of piperidine rings is 2. The van der Waals surface area contributed by atoms with E-state index >= 15 is 0 Å². The molecule has 0 radical (unpaired) electrons. The van der Waals surface area contributed by atoms with E-state index in [1.54, 1.807) is 0 Å². The first kappa shape index (κ1) is 20.2. The maximum absolute atomic E-state index is 6.02. The molecule has 3 fully saturated rings. The predicted molar refractivity (Wildman–Crippen MR) is 119 cm³/mol. The summed E-state index contributed by atoms with van der Waals surface area (Å²) in [5, 5.41) is 7.31. The highest BCUT2D eigenvalue weighted by Crippen LogP contribution is 2.28. The van der Waals surface area contributed by atoms with Crippen molar-refractivity contribution in [3.8, 4) is 0 Å². The number of hydrogen-bond acceptors (Lipinski definition) is 4. The van der Waals surface area contributed by atoms with Crippen molar-refractivity contribution >= 4 is 5.69 Å². The van der Waals surface area contributed by atoms with Crippen molar-refractivity contribution in [3.05, 3.63) is 29.8 Å². The van der Waals surface area contributed by atoms with Gasteiger partial charge in [-0.15, -0.1) is 0 Å². The molecule has 1 aromatic rings. The Labute approximate surface area is 171 Å². The molecule has 0 spiro atoms. The molecular weight excluding hydrogens is 344 g/mol. The fraction of sp³-hybridized carbons (Fsp3) is 0.750. The van der Waals surface area contributed by atoms with Gasteiger partial charge in [0.25, 0.3) is 0 Å².